The maximum atomic E-state index is 13.0. The van der Waals surface area contributed by atoms with E-state index in [2.05, 4.69) is 9.97 Å². The lowest BCUT2D eigenvalue weighted by Crippen LogP contribution is -2.30. The summed E-state index contributed by atoms with van der Waals surface area (Å²) >= 11 is 0. The second-order valence-corrected chi connectivity index (χ2v) is 9.61. The number of amides is 1. The summed E-state index contributed by atoms with van der Waals surface area (Å²) in [6.07, 6.45) is 6.01. The topological polar surface area (TPSA) is 167 Å². The van der Waals surface area contributed by atoms with Gasteiger partial charge in [-0.1, -0.05) is 12.1 Å². The molecule has 5 rings (SSSR count). The highest BCUT2D eigenvalue weighted by Gasteiger charge is 2.26. The Labute approximate surface area is 215 Å². The molecule has 0 atom stereocenters. The summed E-state index contributed by atoms with van der Waals surface area (Å²) in [6.45, 7) is -0.0243. The Bertz CT molecular complexity index is 1750. The number of nitrogens with zero attached hydrogens (tertiary/aromatic N) is 2. The van der Waals surface area contributed by atoms with Crippen LogP contribution in [0, 0.1) is 10.1 Å². The number of H-pyrrole nitrogens is 1. The van der Waals surface area contributed by atoms with E-state index in [9.17, 15) is 23.3 Å². The van der Waals surface area contributed by atoms with Crippen molar-refractivity contribution in [2.75, 3.05) is 0 Å². The number of nitro groups is 1. The molecular formula is C25H18N4O8S. The highest BCUT2D eigenvalue weighted by atomic mass is 32.2. The van der Waals surface area contributed by atoms with Crippen LogP contribution in [0.4, 0.5) is 5.69 Å². The van der Waals surface area contributed by atoms with Gasteiger partial charge < -0.3 is 18.9 Å². The number of nitrogens with one attached hydrogen (secondary N) is 2. The summed E-state index contributed by atoms with van der Waals surface area (Å²) in [6, 6.07) is 14.3. The first-order chi connectivity index (χ1) is 18.3. The number of para-hydroxylation sites is 1. The average molecular weight is 535 g/mol. The standard InChI is InChI=1S/C25H18N4O8S/c30-25(20-3-1-2-4-22(20)37-18-11-17-7-9-26-24(17)27-13-18)28-38(33,34)19-5-6-23(21(12-19)29(31)32)36-15-16-8-10-35-14-16/h1-14H,15H2,(H,26,27)(H,28,30). The van der Waals surface area contributed by atoms with E-state index in [-0.39, 0.29) is 23.7 Å². The Hall–Kier alpha value is -5.17. The van der Waals surface area contributed by atoms with Gasteiger partial charge in [-0.2, -0.15) is 0 Å². The van der Waals surface area contributed by atoms with Crippen molar-refractivity contribution in [1.82, 2.24) is 14.7 Å². The highest BCUT2D eigenvalue weighted by molar-refractivity contribution is 7.90. The van der Waals surface area contributed by atoms with Gasteiger partial charge in [-0.25, -0.2) is 18.1 Å². The number of furan rings is 1. The fourth-order valence-corrected chi connectivity index (χ4v) is 4.53. The van der Waals surface area contributed by atoms with Gasteiger partial charge in [0, 0.05) is 23.2 Å². The molecule has 0 aliphatic carbocycles. The van der Waals surface area contributed by atoms with Crippen molar-refractivity contribution in [3.8, 4) is 17.2 Å². The van der Waals surface area contributed by atoms with Gasteiger partial charge >= 0.3 is 5.69 Å². The number of aromatic nitrogens is 2. The normalized spacial score (nSPS) is 11.3. The molecule has 3 aromatic heterocycles. The molecule has 0 saturated carbocycles. The minimum atomic E-state index is -4.50. The first-order valence-corrected chi connectivity index (χ1v) is 12.5. The maximum Gasteiger partial charge on any atom is 0.312 e. The van der Waals surface area contributed by atoms with Gasteiger partial charge in [0.25, 0.3) is 15.9 Å². The lowest BCUT2D eigenvalue weighted by atomic mass is 10.2. The molecule has 0 aliphatic heterocycles. The fraction of sp³-hybridized carbons (Fsp3) is 0.0400. The van der Waals surface area contributed by atoms with Gasteiger partial charge in [0.05, 0.1) is 34.1 Å². The number of ether oxygens (including phenoxy) is 2. The Kier molecular flexibility index (Phi) is 6.49. The van der Waals surface area contributed by atoms with E-state index in [1.54, 1.807) is 36.5 Å². The Morgan fingerprint density at radius 2 is 1.95 bits per heavy atom. The number of hydrogen-bond donors (Lipinski definition) is 2. The van der Waals surface area contributed by atoms with E-state index in [1.165, 1.54) is 30.9 Å². The molecule has 1 amide bonds. The van der Waals surface area contributed by atoms with Gasteiger partial charge in [-0.3, -0.25) is 14.9 Å². The molecule has 0 bridgehead atoms. The molecule has 0 unspecified atom stereocenters. The molecule has 3 heterocycles. The number of aromatic amines is 1. The predicted molar refractivity (Wildman–Crippen MR) is 133 cm³/mol. The third-order valence-electron chi connectivity index (χ3n) is 5.37. The molecule has 12 nitrogen and oxygen atoms in total. The Morgan fingerprint density at radius 1 is 1.11 bits per heavy atom. The van der Waals surface area contributed by atoms with Crippen LogP contribution in [-0.2, 0) is 16.6 Å². The van der Waals surface area contributed by atoms with Crippen molar-refractivity contribution >= 4 is 32.7 Å². The molecule has 0 spiro atoms. The quantitative estimate of drug-likeness (QED) is 0.204. The van der Waals surface area contributed by atoms with Gasteiger partial charge in [0.1, 0.15) is 23.8 Å². The summed E-state index contributed by atoms with van der Waals surface area (Å²) in [5.74, 6) is -0.708. The van der Waals surface area contributed by atoms with Crippen LogP contribution in [0.3, 0.4) is 0 Å². The average Bonchev–Trinajstić information content (AvgIpc) is 3.59. The van der Waals surface area contributed by atoms with Crippen LogP contribution in [0.25, 0.3) is 11.0 Å². The first kappa shape index (κ1) is 24.5. The van der Waals surface area contributed by atoms with Gasteiger partial charge in [-0.15, -0.1) is 0 Å². The molecule has 2 N–H and O–H groups in total. The lowest BCUT2D eigenvalue weighted by Gasteiger charge is -2.12. The predicted octanol–water partition coefficient (Wildman–Crippen LogP) is 4.55. The number of nitro benzene ring substituents is 1. The van der Waals surface area contributed by atoms with Gasteiger partial charge in [-0.05, 0) is 42.5 Å². The highest BCUT2D eigenvalue weighted by Crippen LogP contribution is 2.31. The minimum Gasteiger partial charge on any atom is -0.482 e. The second-order valence-electron chi connectivity index (χ2n) is 7.93. The van der Waals surface area contributed by atoms with E-state index in [0.717, 1.165) is 23.6 Å². The van der Waals surface area contributed by atoms with Crippen LogP contribution in [0.5, 0.6) is 17.2 Å². The van der Waals surface area contributed by atoms with Crippen molar-refractivity contribution in [2.45, 2.75) is 11.5 Å². The van der Waals surface area contributed by atoms with E-state index >= 15 is 0 Å². The van der Waals surface area contributed by atoms with Crippen LogP contribution in [0.1, 0.15) is 15.9 Å². The molecular weight excluding hydrogens is 516 g/mol. The Balaban J connectivity index is 1.36. The third kappa shape index (κ3) is 5.17. The van der Waals surface area contributed by atoms with Crippen LogP contribution >= 0.6 is 0 Å². The van der Waals surface area contributed by atoms with E-state index in [1.807, 2.05) is 4.72 Å². The summed E-state index contributed by atoms with van der Waals surface area (Å²) in [5, 5.41) is 12.4. The van der Waals surface area contributed by atoms with E-state index < -0.39 is 31.4 Å². The number of hydrogen-bond acceptors (Lipinski definition) is 9. The van der Waals surface area contributed by atoms with Crippen LogP contribution in [0.15, 0.2) is 94.9 Å². The monoisotopic (exact) mass is 534 g/mol. The molecule has 192 valence electrons. The van der Waals surface area contributed by atoms with Crippen molar-refractivity contribution in [2.24, 2.45) is 0 Å². The minimum absolute atomic E-state index is 0.0243. The van der Waals surface area contributed by atoms with Crippen LogP contribution < -0.4 is 14.2 Å². The largest absolute Gasteiger partial charge is 0.482 e. The van der Waals surface area contributed by atoms with Crippen molar-refractivity contribution < 1.29 is 32.0 Å². The zero-order chi connectivity index (χ0) is 26.7. The molecule has 2 aromatic carbocycles. The SMILES string of the molecule is O=C(NS(=O)(=O)c1ccc(OCc2ccoc2)c([N+](=O)[O-])c1)c1ccccc1Oc1cnc2[nH]ccc2c1. The summed E-state index contributed by atoms with van der Waals surface area (Å²) in [4.78, 5) is 30.5. The number of carbonyl (C=O) groups is 1. The second kappa shape index (κ2) is 10.1. The first-order valence-electron chi connectivity index (χ1n) is 11.0. The smallest absolute Gasteiger partial charge is 0.312 e. The van der Waals surface area contributed by atoms with Gasteiger partial charge in [0.15, 0.2) is 5.75 Å². The number of sulfonamides is 1. The summed E-state index contributed by atoms with van der Waals surface area (Å²) in [7, 11) is -4.50. The maximum absolute atomic E-state index is 13.0. The molecule has 38 heavy (non-hydrogen) atoms. The zero-order valence-electron chi connectivity index (χ0n) is 19.4. The van der Waals surface area contributed by atoms with E-state index in [0.29, 0.717) is 17.0 Å². The molecule has 13 heteroatoms. The summed E-state index contributed by atoms with van der Waals surface area (Å²) < 4.78 is 44.1. The number of benzene rings is 2. The summed E-state index contributed by atoms with van der Waals surface area (Å²) in [5.41, 5.74) is 0.634. The Morgan fingerprint density at radius 3 is 2.74 bits per heavy atom. The molecule has 0 radical (unpaired) electrons. The van der Waals surface area contributed by atoms with Crippen LogP contribution in [0.2, 0.25) is 0 Å². The number of fused-ring (bicyclic) bond motifs is 1. The zero-order valence-corrected chi connectivity index (χ0v) is 20.2. The fourth-order valence-electron chi connectivity index (χ4n) is 3.55. The number of pyridine rings is 1. The number of carbonyl (C=O) groups excluding carboxylic acids is 1. The number of rotatable bonds is 9. The van der Waals surface area contributed by atoms with Crippen LogP contribution in [-0.4, -0.2) is 29.2 Å². The molecule has 0 saturated heterocycles. The molecule has 0 aliphatic rings. The van der Waals surface area contributed by atoms with Gasteiger partial charge in [0.2, 0.25) is 0 Å². The lowest BCUT2D eigenvalue weighted by molar-refractivity contribution is -0.386. The van der Waals surface area contributed by atoms with Crippen molar-refractivity contribution in [3.63, 3.8) is 0 Å². The van der Waals surface area contributed by atoms with Crippen molar-refractivity contribution in [3.05, 3.63) is 107 Å². The van der Waals surface area contributed by atoms with E-state index in [4.69, 9.17) is 13.9 Å². The third-order valence-corrected chi connectivity index (χ3v) is 6.70. The van der Waals surface area contributed by atoms with Crippen molar-refractivity contribution in [1.29, 1.82) is 0 Å². The molecule has 5 aromatic rings. The molecule has 0 fully saturated rings.